The molecule has 2 heterocycles. The number of carbonyl (C=O) groups is 2. The Morgan fingerprint density at radius 2 is 1.88 bits per heavy atom. The fourth-order valence-corrected chi connectivity index (χ4v) is 3.53. The van der Waals surface area contributed by atoms with Gasteiger partial charge in [0.15, 0.2) is 0 Å². The molecular weight excluding hydrogens is 315 g/mol. The minimum Gasteiger partial charge on any atom is -0.478 e. The summed E-state index contributed by atoms with van der Waals surface area (Å²) in [6.45, 7) is 5.45. The normalized spacial score (nSPS) is 23.8. The lowest BCUT2D eigenvalue weighted by Crippen LogP contribution is -2.53. The Morgan fingerprint density at radius 3 is 2.50 bits per heavy atom. The molecule has 7 heteroatoms. The van der Waals surface area contributed by atoms with Crippen LogP contribution in [0.4, 0.5) is 9.18 Å². The van der Waals surface area contributed by atoms with Crippen LogP contribution in [0.25, 0.3) is 0 Å². The highest BCUT2D eigenvalue weighted by molar-refractivity contribution is 5.90. The van der Waals surface area contributed by atoms with Gasteiger partial charge in [-0.2, -0.15) is 0 Å². The van der Waals surface area contributed by atoms with Crippen LogP contribution < -0.4 is 0 Å². The van der Waals surface area contributed by atoms with Crippen molar-refractivity contribution >= 4 is 12.0 Å². The molecule has 1 aromatic carbocycles. The van der Waals surface area contributed by atoms with Crippen LogP contribution in [0.15, 0.2) is 12.1 Å². The third-order valence-corrected chi connectivity index (χ3v) is 4.53. The monoisotopic (exact) mass is 336 g/mol. The Hall–Kier alpha value is -2.15. The molecule has 130 valence electrons. The zero-order valence-corrected chi connectivity index (χ0v) is 13.8. The first kappa shape index (κ1) is 16.7. The van der Waals surface area contributed by atoms with Crippen LogP contribution in [0.1, 0.15) is 35.3 Å². The van der Waals surface area contributed by atoms with Crippen LogP contribution >= 0.6 is 0 Å². The van der Waals surface area contributed by atoms with Gasteiger partial charge >= 0.3 is 12.0 Å². The molecule has 6 nitrogen and oxygen atoms in total. The van der Waals surface area contributed by atoms with Gasteiger partial charge in [0.2, 0.25) is 0 Å². The summed E-state index contributed by atoms with van der Waals surface area (Å²) in [6, 6.07) is 2.64. The van der Waals surface area contributed by atoms with Gasteiger partial charge in [0.1, 0.15) is 11.4 Å². The van der Waals surface area contributed by atoms with Crippen molar-refractivity contribution in [3.05, 3.63) is 34.6 Å². The van der Waals surface area contributed by atoms with Crippen molar-refractivity contribution in [1.82, 2.24) is 9.80 Å². The van der Waals surface area contributed by atoms with Gasteiger partial charge in [-0.25, -0.2) is 14.0 Å². The van der Waals surface area contributed by atoms with Crippen molar-refractivity contribution in [3.63, 3.8) is 0 Å². The maximum absolute atomic E-state index is 13.9. The first-order chi connectivity index (χ1) is 11.4. The fourth-order valence-electron chi connectivity index (χ4n) is 3.53. The van der Waals surface area contributed by atoms with Gasteiger partial charge in [-0.05, 0) is 37.5 Å². The molecule has 0 radical (unpaired) electrons. The summed E-state index contributed by atoms with van der Waals surface area (Å²) in [7, 11) is 0. The molecule has 0 aliphatic carbocycles. The third kappa shape index (κ3) is 3.08. The van der Waals surface area contributed by atoms with Crippen molar-refractivity contribution < 1.29 is 23.8 Å². The summed E-state index contributed by atoms with van der Waals surface area (Å²) in [5.41, 5.74) is 0.867. The lowest BCUT2D eigenvalue weighted by atomic mass is 9.94. The maximum Gasteiger partial charge on any atom is 0.339 e. The van der Waals surface area contributed by atoms with Gasteiger partial charge in [-0.1, -0.05) is 6.07 Å². The summed E-state index contributed by atoms with van der Waals surface area (Å²) < 4.78 is 19.5. The number of fused-ring (bicyclic) bond motifs is 1. The summed E-state index contributed by atoms with van der Waals surface area (Å²) in [4.78, 5) is 27.5. The molecule has 24 heavy (non-hydrogen) atoms. The number of urea groups is 1. The van der Waals surface area contributed by atoms with E-state index in [9.17, 15) is 19.1 Å². The van der Waals surface area contributed by atoms with E-state index < -0.39 is 11.8 Å². The smallest absolute Gasteiger partial charge is 0.339 e. The van der Waals surface area contributed by atoms with E-state index >= 15 is 0 Å². The van der Waals surface area contributed by atoms with Crippen molar-refractivity contribution in [2.45, 2.75) is 39.0 Å². The average Bonchev–Trinajstić information content (AvgIpc) is 2.52. The molecular formula is C17H21FN2O4. The first-order valence-electron chi connectivity index (χ1n) is 8.09. The van der Waals surface area contributed by atoms with Gasteiger partial charge in [-0.3, -0.25) is 0 Å². The number of morpholine rings is 1. The maximum atomic E-state index is 13.9. The molecule has 1 aromatic rings. The van der Waals surface area contributed by atoms with E-state index in [4.69, 9.17) is 4.74 Å². The van der Waals surface area contributed by atoms with Crippen LogP contribution in [0.2, 0.25) is 0 Å². The van der Waals surface area contributed by atoms with Gasteiger partial charge in [0.25, 0.3) is 0 Å². The van der Waals surface area contributed by atoms with E-state index in [2.05, 4.69) is 0 Å². The minimum atomic E-state index is -1.30. The molecule has 1 saturated heterocycles. The lowest BCUT2D eigenvalue weighted by molar-refractivity contribution is -0.0585. The molecule has 1 fully saturated rings. The molecule has 2 amide bonds. The van der Waals surface area contributed by atoms with Gasteiger partial charge in [-0.15, -0.1) is 0 Å². The summed E-state index contributed by atoms with van der Waals surface area (Å²) >= 11 is 0. The van der Waals surface area contributed by atoms with Crippen LogP contribution in [-0.2, 0) is 17.7 Å². The van der Waals surface area contributed by atoms with E-state index in [1.165, 1.54) is 6.07 Å². The first-order valence-corrected chi connectivity index (χ1v) is 8.09. The van der Waals surface area contributed by atoms with E-state index in [1.807, 2.05) is 13.8 Å². The van der Waals surface area contributed by atoms with Crippen molar-refractivity contribution in [2.24, 2.45) is 0 Å². The number of aromatic carboxylic acids is 1. The molecule has 0 spiro atoms. The molecule has 0 saturated carbocycles. The van der Waals surface area contributed by atoms with Crippen LogP contribution in [0.5, 0.6) is 0 Å². The highest BCUT2D eigenvalue weighted by Crippen LogP contribution is 2.26. The average molecular weight is 336 g/mol. The van der Waals surface area contributed by atoms with E-state index in [0.717, 1.165) is 5.56 Å². The Balaban J connectivity index is 1.83. The number of carboxylic acids is 1. The Bertz CT molecular complexity index is 669. The van der Waals surface area contributed by atoms with Gasteiger partial charge in [0, 0.05) is 26.2 Å². The summed E-state index contributed by atoms with van der Waals surface area (Å²) in [6.07, 6.45) is 0.445. The second-order valence-corrected chi connectivity index (χ2v) is 6.48. The number of rotatable bonds is 1. The number of carbonyl (C=O) groups excluding carboxylic acids is 1. The summed E-state index contributed by atoms with van der Waals surface area (Å²) in [5, 5.41) is 9.29. The standard InChI is InChI=1S/C17H21FN2O4/c1-10-7-20(8-11(2)24-10)17(23)19-6-5-12-3-4-14(18)15(16(21)22)13(12)9-19/h3-4,10-11H,5-9H2,1-2H3,(H,21,22)/t10-,11+. The van der Waals surface area contributed by atoms with Crippen LogP contribution in [-0.4, -0.2) is 58.7 Å². The minimum absolute atomic E-state index is 0.0400. The number of hydrogen-bond acceptors (Lipinski definition) is 3. The molecule has 0 aromatic heterocycles. The SMILES string of the molecule is C[C@@H]1CN(C(=O)N2CCc3ccc(F)c(C(=O)O)c3C2)C[C@H](C)O1. The fraction of sp³-hybridized carbons (Fsp3) is 0.529. The number of ether oxygens (including phenoxy) is 1. The zero-order valence-electron chi connectivity index (χ0n) is 13.8. The second-order valence-electron chi connectivity index (χ2n) is 6.48. The van der Waals surface area contributed by atoms with Crippen molar-refractivity contribution in [1.29, 1.82) is 0 Å². The lowest BCUT2D eigenvalue weighted by Gasteiger charge is -2.39. The predicted octanol–water partition coefficient (Wildman–Crippen LogP) is 2.11. The summed E-state index contributed by atoms with van der Waals surface area (Å²) in [5.74, 6) is -2.06. The number of hydrogen-bond donors (Lipinski definition) is 1. The third-order valence-electron chi connectivity index (χ3n) is 4.53. The topological polar surface area (TPSA) is 70.1 Å². The van der Waals surface area contributed by atoms with Crippen molar-refractivity contribution in [2.75, 3.05) is 19.6 Å². The highest BCUT2D eigenvalue weighted by Gasteiger charge is 2.32. The molecule has 3 rings (SSSR count). The molecule has 0 unspecified atom stereocenters. The number of amides is 2. The molecule has 1 N–H and O–H groups in total. The Morgan fingerprint density at radius 1 is 1.21 bits per heavy atom. The van der Waals surface area contributed by atoms with E-state index in [-0.39, 0.29) is 30.3 Å². The second kappa shape index (κ2) is 6.39. The number of carboxylic acid groups (broad SMARTS) is 1. The van der Waals surface area contributed by atoms with Crippen LogP contribution in [0.3, 0.4) is 0 Å². The Labute approximate surface area is 139 Å². The van der Waals surface area contributed by atoms with Gasteiger partial charge < -0.3 is 19.6 Å². The molecule has 2 atom stereocenters. The molecule has 2 aliphatic heterocycles. The largest absolute Gasteiger partial charge is 0.478 e. The van der Waals surface area contributed by atoms with Crippen LogP contribution in [0, 0.1) is 5.82 Å². The number of nitrogens with zero attached hydrogens (tertiary/aromatic N) is 2. The predicted molar refractivity (Wildman–Crippen MR) is 84.5 cm³/mol. The number of benzene rings is 1. The number of halogens is 1. The zero-order chi connectivity index (χ0) is 17.4. The molecule has 0 bridgehead atoms. The van der Waals surface area contributed by atoms with Gasteiger partial charge in [0.05, 0.1) is 12.2 Å². The van der Waals surface area contributed by atoms with Crippen molar-refractivity contribution in [3.8, 4) is 0 Å². The van der Waals surface area contributed by atoms with E-state index in [0.29, 0.717) is 31.6 Å². The molecule has 2 aliphatic rings. The quantitative estimate of drug-likeness (QED) is 0.853. The highest BCUT2D eigenvalue weighted by atomic mass is 19.1. The van der Waals surface area contributed by atoms with E-state index in [1.54, 1.807) is 15.9 Å². The Kier molecular flexibility index (Phi) is 4.45.